The minimum atomic E-state index is -0.369. The van der Waals surface area contributed by atoms with Gasteiger partial charge < -0.3 is 24.4 Å². The largest absolute Gasteiger partial charge is 0.470 e. The molecule has 0 spiro atoms. The van der Waals surface area contributed by atoms with Crippen molar-refractivity contribution in [2.45, 2.75) is 58.1 Å². The van der Waals surface area contributed by atoms with E-state index in [1.165, 1.54) is 0 Å². The Hall–Kier alpha value is -1.45. The Morgan fingerprint density at radius 3 is 2.68 bits per heavy atom. The first kappa shape index (κ1) is 21.3. The molecule has 1 unspecified atom stereocenters. The number of nitrogens with zero attached hydrogens (tertiary/aromatic N) is 3. The number of anilines is 1. The zero-order valence-corrected chi connectivity index (χ0v) is 17.9. The van der Waals surface area contributed by atoms with Crippen LogP contribution in [0.2, 0.25) is 0 Å². The molecule has 1 atom stereocenters. The summed E-state index contributed by atoms with van der Waals surface area (Å²) < 4.78 is 25.8. The summed E-state index contributed by atoms with van der Waals surface area (Å²) in [4.78, 5) is 14.6. The van der Waals surface area contributed by atoms with Crippen LogP contribution in [-0.2, 0) is 14.3 Å². The third-order valence-electron chi connectivity index (χ3n) is 4.99. The summed E-state index contributed by atoms with van der Waals surface area (Å²) in [6.45, 7) is 9.94. The highest BCUT2D eigenvalue weighted by Gasteiger charge is 2.28. The average molecular weight is 413 g/mol. The van der Waals surface area contributed by atoms with Gasteiger partial charge >= 0.3 is 5.97 Å². The maximum atomic E-state index is 12.5. The summed E-state index contributed by atoms with van der Waals surface area (Å²) in [6.07, 6.45) is 3.70. The van der Waals surface area contributed by atoms with Crippen LogP contribution in [0.3, 0.4) is 0 Å². The number of hydrogen-bond acceptors (Lipinski definition) is 9. The molecule has 2 fully saturated rings. The van der Waals surface area contributed by atoms with Gasteiger partial charge in [-0.25, -0.2) is 0 Å². The number of morpholine rings is 1. The van der Waals surface area contributed by atoms with E-state index in [2.05, 4.69) is 39.7 Å². The van der Waals surface area contributed by atoms with Gasteiger partial charge in [0.2, 0.25) is 5.82 Å². The van der Waals surface area contributed by atoms with Gasteiger partial charge in [-0.3, -0.25) is 4.79 Å². The van der Waals surface area contributed by atoms with Gasteiger partial charge in [-0.15, -0.1) is 4.37 Å². The van der Waals surface area contributed by atoms with E-state index in [0.29, 0.717) is 25.6 Å². The highest BCUT2D eigenvalue weighted by molar-refractivity contribution is 6.99. The molecule has 0 amide bonds. The minimum Gasteiger partial charge on any atom is -0.470 e. The number of carbonyl (C=O) groups excluding carboxylic acids is 1. The van der Waals surface area contributed by atoms with E-state index < -0.39 is 0 Å². The van der Waals surface area contributed by atoms with Crippen LogP contribution in [0.1, 0.15) is 46.5 Å². The predicted molar refractivity (Wildman–Crippen MR) is 108 cm³/mol. The van der Waals surface area contributed by atoms with E-state index in [1.54, 1.807) is 0 Å². The highest BCUT2D eigenvalue weighted by Crippen LogP contribution is 2.28. The van der Waals surface area contributed by atoms with Crippen molar-refractivity contribution in [2.75, 3.05) is 44.4 Å². The molecule has 1 aromatic heterocycles. The topological polar surface area (TPSA) is 85.8 Å². The number of carbonyl (C=O) groups is 1. The average Bonchev–Trinajstić information content (AvgIpc) is 3.35. The molecule has 3 rings (SSSR count). The molecule has 1 aliphatic carbocycles. The maximum Gasteiger partial charge on any atom is 0.309 e. The monoisotopic (exact) mass is 412 g/mol. The van der Waals surface area contributed by atoms with Crippen LogP contribution < -0.4 is 15.0 Å². The molecule has 158 valence electrons. The Bertz CT molecular complexity index is 622. The van der Waals surface area contributed by atoms with Gasteiger partial charge in [0, 0.05) is 25.2 Å². The van der Waals surface area contributed by atoms with Crippen molar-refractivity contribution in [2.24, 2.45) is 5.92 Å². The van der Waals surface area contributed by atoms with Crippen molar-refractivity contribution in [3.63, 3.8) is 0 Å². The summed E-state index contributed by atoms with van der Waals surface area (Å²) in [7, 11) is 0. The molecular weight excluding hydrogens is 380 g/mol. The van der Waals surface area contributed by atoms with Crippen LogP contribution in [0.15, 0.2) is 0 Å². The normalized spacial score (nSPS) is 19.6. The first-order chi connectivity index (χ1) is 13.4. The Labute approximate surface area is 171 Å². The molecule has 1 aliphatic heterocycles. The molecule has 2 heterocycles. The number of ether oxygens (including phenoxy) is 3. The van der Waals surface area contributed by atoms with Crippen molar-refractivity contribution in [3.8, 4) is 5.88 Å². The Morgan fingerprint density at radius 2 is 2.00 bits per heavy atom. The summed E-state index contributed by atoms with van der Waals surface area (Å²) in [6, 6.07) is 0. The summed E-state index contributed by atoms with van der Waals surface area (Å²) in [5, 5.41) is 3.41. The summed E-state index contributed by atoms with van der Waals surface area (Å²) in [5.41, 5.74) is -0.0703. The molecule has 0 aromatic carbocycles. The Morgan fingerprint density at radius 1 is 1.29 bits per heavy atom. The number of rotatable bonds is 8. The van der Waals surface area contributed by atoms with Crippen molar-refractivity contribution in [3.05, 3.63) is 0 Å². The van der Waals surface area contributed by atoms with Crippen LogP contribution in [0, 0.1) is 5.92 Å². The molecule has 1 N–H and O–H groups in total. The number of aromatic nitrogens is 2. The first-order valence-electron chi connectivity index (χ1n) is 10.2. The number of nitrogens with one attached hydrogen (secondary N) is 1. The van der Waals surface area contributed by atoms with Crippen molar-refractivity contribution >= 4 is 23.5 Å². The lowest BCUT2D eigenvalue weighted by atomic mass is 10.1. The second-order valence-electron chi connectivity index (χ2n) is 8.47. The lowest BCUT2D eigenvalue weighted by Crippen LogP contribution is -2.44. The molecule has 0 bridgehead atoms. The van der Waals surface area contributed by atoms with E-state index in [1.807, 2.05) is 0 Å². The Kier molecular flexibility index (Phi) is 7.48. The predicted octanol–water partition coefficient (Wildman–Crippen LogP) is 2.24. The van der Waals surface area contributed by atoms with Crippen molar-refractivity contribution in [1.82, 2.24) is 14.1 Å². The highest BCUT2D eigenvalue weighted by atomic mass is 32.1. The van der Waals surface area contributed by atoms with Gasteiger partial charge in [-0.1, -0.05) is 12.8 Å². The van der Waals surface area contributed by atoms with E-state index in [4.69, 9.17) is 14.2 Å². The third-order valence-corrected chi connectivity index (χ3v) is 5.49. The molecule has 1 saturated heterocycles. The Balaban J connectivity index is 1.59. The standard InChI is InChI=1S/C19H32N4O4S/c1-19(2,3)20-12-15(27-18(24)14-6-4-5-7-14)13-26-17-16(21-28-22-17)23-8-10-25-11-9-23/h14-15,20H,4-13H2,1-3H3. The van der Waals surface area contributed by atoms with Gasteiger partial charge in [0.1, 0.15) is 12.7 Å². The fourth-order valence-corrected chi connectivity index (χ4v) is 3.90. The van der Waals surface area contributed by atoms with Gasteiger partial charge in [0.25, 0.3) is 5.88 Å². The minimum absolute atomic E-state index is 0.0296. The van der Waals surface area contributed by atoms with Gasteiger partial charge in [0.15, 0.2) is 0 Å². The van der Waals surface area contributed by atoms with Crippen LogP contribution >= 0.6 is 11.7 Å². The molecule has 0 radical (unpaired) electrons. The molecule has 9 heteroatoms. The van der Waals surface area contributed by atoms with Gasteiger partial charge in [0.05, 0.1) is 30.9 Å². The molecular formula is C19H32N4O4S. The SMILES string of the molecule is CC(C)(C)NCC(COc1nsnc1N1CCOCC1)OC(=O)C1CCCC1. The van der Waals surface area contributed by atoms with Crippen LogP contribution in [-0.4, -0.2) is 65.8 Å². The van der Waals surface area contributed by atoms with E-state index >= 15 is 0 Å². The zero-order chi connectivity index (χ0) is 20.0. The second-order valence-corrected chi connectivity index (χ2v) is 9.00. The van der Waals surface area contributed by atoms with E-state index in [0.717, 1.165) is 56.3 Å². The summed E-state index contributed by atoms with van der Waals surface area (Å²) in [5.74, 6) is 1.18. The van der Waals surface area contributed by atoms with Gasteiger partial charge in [-0.2, -0.15) is 4.37 Å². The smallest absolute Gasteiger partial charge is 0.309 e. The zero-order valence-electron chi connectivity index (χ0n) is 17.1. The van der Waals surface area contributed by atoms with Crippen LogP contribution in [0.5, 0.6) is 5.88 Å². The molecule has 2 aliphatic rings. The fraction of sp³-hybridized carbons (Fsp3) is 0.842. The number of hydrogen-bond donors (Lipinski definition) is 1. The lowest BCUT2D eigenvalue weighted by molar-refractivity contribution is -0.155. The van der Waals surface area contributed by atoms with Gasteiger partial charge in [-0.05, 0) is 33.6 Å². The summed E-state index contributed by atoms with van der Waals surface area (Å²) >= 11 is 1.13. The molecule has 1 aromatic rings. The lowest BCUT2D eigenvalue weighted by Gasteiger charge is -2.28. The van der Waals surface area contributed by atoms with Crippen molar-refractivity contribution in [1.29, 1.82) is 0 Å². The van der Waals surface area contributed by atoms with Crippen LogP contribution in [0.4, 0.5) is 5.82 Å². The maximum absolute atomic E-state index is 12.5. The third kappa shape index (κ3) is 6.28. The molecule has 28 heavy (non-hydrogen) atoms. The molecule has 8 nitrogen and oxygen atoms in total. The molecule has 1 saturated carbocycles. The first-order valence-corrected chi connectivity index (χ1v) is 10.9. The fourth-order valence-electron chi connectivity index (χ4n) is 3.38. The van der Waals surface area contributed by atoms with Crippen molar-refractivity contribution < 1.29 is 19.0 Å². The quantitative estimate of drug-likeness (QED) is 0.651. The van der Waals surface area contributed by atoms with E-state index in [-0.39, 0.29) is 30.1 Å². The number of esters is 1. The van der Waals surface area contributed by atoms with Crippen LogP contribution in [0.25, 0.3) is 0 Å². The second kappa shape index (κ2) is 9.84. The van der Waals surface area contributed by atoms with E-state index in [9.17, 15) is 4.79 Å².